The molecule has 1 aliphatic rings. The molecule has 0 spiro atoms. The van der Waals surface area contributed by atoms with Gasteiger partial charge in [-0.15, -0.1) is 0 Å². The van der Waals surface area contributed by atoms with Crippen molar-refractivity contribution in [2.45, 2.75) is 30.7 Å². The molecule has 4 rings (SSSR count). The second-order valence-electron chi connectivity index (χ2n) is 7.41. The van der Waals surface area contributed by atoms with Crippen LogP contribution in [0.2, 0.25) is 0 Å². The fourth-order valence-corrected chi connectivity index (χ4v) is 4.94. The van der Waals surface area contributed by atoms with Crippen molar-refractivity contribution in [1.29, 1.82) is 0 Å². The van der Waals surface area contributed by atoms with Crippen LogP contribution in [0, 0.1) is 0 Å². The molecule has 5 heteroatoms. The van der Waals surface area contributed by atoms with Gasteiger partial charge in [0.2, 0.25) is 10.0 Å². The van der Waals surface area contributed by atoms with Crippen LogP contribution in [-0.2, 0) is 23.0 Å². The first kappa shape index (κ1) is 19.1. The van der Waals surface area contributed by atoms with Crippen molar-refractivity contribution in [2.24, 2.45) is 0 Å². The normalized spacial score (nSPS) is 14.9. The second-order valence-corrected chi connectivity index (χ2v) is 9.18. The molecule has 28 heavy (non-hydrogen) atoms. The molecular weight excluding hydrogens is 368 g/mol. The van der Waals surface area contributed by atoms with Crippen molar-refractivity contribution in [3.05, 3.63) is 77.9 Å². The average Bonchev–Trinajstić information content (AvgIpc) is 2.73. The molecule has 3 aromatic rings. The van der Waals surface area contributed by atoms with E-state index in [-0.39, 0.29) is 0 Å². The minimum absolute atomic E-state index is 0.332. The molecule has 3 aromatic carbocycles. The molecule has 1 heterocycles. The van der Waals surface area contributed by atoms with Gasteiger partial charge in [0, 0.05) is 19.6 Å². The lowest BCUT2D eigenvalue weighted by molar-refractivity contribution is 0.249. The maximum atomic E-state index is 12.6. The fraction of sp³-hybridized carbons (Fsp3) is 0.304. The zero-order valence-corrected chi connectivity index (χ0v) is 16.8. The summed E-state index contributed by atoms with van der Waals surface area (Å²) in [5.74, 6) is 0. The van der Waals surface area contributed by atoms with Gasteiger partial charge in [-0.3, -0.25) is 4.90 Å². The summed E-state index contributed by atoms with van der Waals surface area (Å²) in [5.41, 5.74) is 2.88. The number of unbranched alkanes of at least 4 members (excludes halogenated alkanes) is 1. The Morgan fingerprint density at radius 3 is 2.46 bits per heavy atom. The number of nitrogens with one attached hydrogen (secondary N) is 1. The Labute approximate surface area is 167 Å². The molecular formula is C23H26N2O2S. The Hall–Kier alpha value is -2.21. The third-order valence-electron chi connectivity index (χ3n) is 5.43. The molecule has 4 nitrogen and oxygen atoms in total. The van der Waals surface area contributed by atoms with Gasteiger partial charge in [-0.2, -0.15) is 0 Å². The molecule has 1 aliphatic heterocycles. The van der Waals surface area contributed by atoms with E-state index in [4.69, 9.17) is 0 Å². The van der Waals surface area contributed by atoms with Crippen LogP contribution in [0.25, 0.3) is 10.8 Å². The summed E-state index contributed by atoms with van der Waals surface area (Å²) in [6.45, 7) is 3.56. The Kier molecular flexibility index (Phi) is 5.76. The van der Waals surface area contributed by atoms with Gasteiger partial charge in [0.05, 0.1) is 4.90 Å². The third kappa shape index (κ3) is 4.43. The first-order chi connectivity index (χ1) is 13.6. The molecule has 0 unspecified atom stereocenters. The largest absolute Gasteiger partial charge is 0.299 e. The lowest BCUT2D eigenvalue weighted by atomic mass is 10.00. The number of fused-ring (bicyclic) bond motifs is 2. The van der Waals surface area contributed by atoms with Gasteiger partial charge < -0.3 is 0 Å². The second kappa shape index (κ2) is 8.43. The number of rotatable bonds is 7. The summed E-state index contributed by atoms with van der Waals surface area (Å²) >= 11 is 0. The summed E-state index contributed by atoms with van der Waals surface area (Å²) in [4.78, 5) is 2.79. The maximum Gasteiger partial charge on any atom is 0.240 e. The van der Waals surface area contributed by atoms with Crippen molar-refractivity contribution < 1.29 is 8.42 Å². The summed E-state index contributed by atoms with van der Waals surface area (Å²) in [6.07, 6.45) is 2.93. The van der Waals surface area contributed by atoms with Crippen molar-refractivity contribution in [2.75, 3.05) is 19.6 Å². The zero-order chi connectivity index (χ0) is 19.4. The van der Waals surface area contributed by atoms with Gasteiger partial charge in [0.1, 0.15) is 0 Å². The molecule has 0 radical (unpaired) electrons. The molecule has 0 saturated carbocycles. The van der Waals surface area contributed by atoms with E-state index in [0.29, 0.717) is 11.4 Å². The molecule has 0 aliphatic carbocycles. The maximum absolute atomic E-state index is 12.6. The average molecular weight is 395 g/mol. The van der Waals surface area contributed by atoms with E-state index in [1.807, 2.05) is 30.3 Å². The number of hydrogen-bond acceptors (Lipinski definition) is 3. The SMILES string of the molecule is O=S(=O)(NCCCCN1CCc2ccccc2C1)c1ccc2ccccc2c1. The summed E-state index contributed by atoms with van der Waals surface area (Å²) < 4.78 is 27.9. The van der Waals surface area contributed by atoms with E-state index < -0.39 is 10.0 Å². The van der Waals surface area contributed by atoms with E-state index in [2.05, 4.69) is 33.9 Å². The van der Waals surface area contributed by atoms with Crippen LogP contribution in [-0.4, -0.2) is 33.0 Å². The Balaban J connectivity index is 1.25. The van der Waals surface area contributed by atoms with Crippen LogP contribution in [0.3, 0.4) is 0 Å². The first-order valence-corrected chi connectivity index (χ1v) is 11.4. The minimum atomic E-state index is -3.46. The number of hydrogen-bond donors (Lipinski definition) is 1. The van der Waals surface area contributed by atoms with Crippen molar-refractivity contribution in [3.8, 4) is 0 Å². The van der Waals surface area contributed by atoms with Crippen LogP contribution in [0.4, 0.5) is 0 Å². The Morgan fingerprint density at radius 2 is 1.61 bits per heavy atom. The van der Waals surface area contributed by atoms with E-state index in [1.165, 1.54) is 11.1 Å². The van der Waals surface area contributed by atoms with Gasteiger partial charge in [0.25, 0.3) is 0 Å². The zero-order valence-electron chi connectivity index (χ0n) is 16.0. The van der Waals surface area contributed by atoms with Crippen LogP contribution >= 0.6 is 0 Å². The first-order valence-electron chi connectivity index (χ1n) is 9.89. The highest BCUT2D eigenvalue weighted by molar-refractivity contribution is 7.89. The highest BCUT2D eigenvalue weighted by Gasteiger charge is 2.16. The molecule has 0 fully saturated rings. The third-order valence-corrected chi connectivity index (χ3v) is 6.89. The lowest BCUT2D eigenvalue weighted by Gasteiger charge is -2.28. The van der Waals surface area contributed by atoms with Crippen molar-refractivity contribution in [1.82, 2.24) is 9.62 Å². The molecule has 0 aromatic heterocycles. The van der Waals surface area contributed by atoms with Gasteiger partial charge in [0.15, 0.2) is 0 Å². The quantitative estimate of drug-likeness (QED) is 0.617. The summed E-state index contributed by atoms with van der Waals surface area (Å²) in [7, 11) is -3.46. The molecule has 146 valence electrons. The van der Waals surface area contributed by atoms with Crippen LogP contribution in [0.15, 0.2) is 71.6 Å². The lowest BCUT2D eigenvalue weighted by Crippen LogP contribution is -2.32. The van der Waals surface area contributed by atoms with Gasteiger partial charge in [-0.1, -0.05) is 54.6 Å². The van der Waals surface area contributed by atoms with E-state index in [1.54, 1.807) is 12.1 Å². The monoisotopic (exact) mass is 394 g/mol. The summed E-state index contributed by atoms with van der Waals surface area (Å²) in [5, 5.41) is 1.99. The highest BCUT2D eigenvalue weighted by atomic mass is 32.2. The van der Waals surface area contributed by atoms with Crippen LogP contribution in [0.1, 0.15) is 24.0 Å². The molecule has 0 bridgehead atoms. The topological polar surface area (TPSA) is 49.4 Å². The molecule has 0 atom stereocenters. The fourth-order valence-electron chi connectivity index (χ4n) is 3.83. The number of sulfonamides is 1. The van der Waals surface area contributed by atoms with E-state index >= 15 is 0 Å². The van der Waals surface area contributed by atoms with E-state index in [9.17, 15) is 8.42 Å². The Morgan fingerprint density at radius 1 is 0.857 bits per heavy atom. The standard InChI is InChI=1S/C23H26N2O2S/c26-28(27,23-12-11-19-7-1-3-9-21(19)17-23)24-14-5-6-15-25-16-13-20-8-2-4-10-22(20)18-25/h1-4,7-12,17,24H,5-6,13-16,18H2. The smallest absolute Gasteiger partial charge is 0.240 e. The van der Waals surface area contributed by atoms with E-state index in [0.717, 1.165) is 49.7 Å². The van der Waals surface area contributed by atoms with Crippen LogP contribution in [0.5, 0.6) is 0 Å². The van der Waals surface area contributed by atoms with Crippen LogP contribution < -0.4 is 4.72 Å². The molecule has 0 saturated heterocycles. The molecule has 1 N–H and O–H groups in total. The van der Waals surface area contributed by atoms with Gasteiger partial charge >= 0.3 is 0 Å². The Bertz CT molecular complexity index is 1060. The van der Waals surface area contributed by atoms with Crippen molar-refractivity contribution in [3.63, 3.8) is 0 Å². The van der Waals surface area contributed by atoms with Gasteiger partial charge in [-0.05, 0) is 59.8 Å². The predicted molar refractivity (Wildman–Crippen MR) is 114 cm³/mol. The number of nitrogens with zero attached hydrogens (tertiary/aromatic N) is 1. The van der Waals surface area contributed by atoms with Gasteiger partial charge in [-0.25, -0.2) is 13.1 Å². The highest BCUT2D eigenvalue weighted by Crippen LogP contribution is 2.20. The number of benzene rings is 3. The predicted octanol–water partition coefficient (Wildman–Crippen LogP) is 3.96. The minimum Gasteiger partial charge on any atom is -0.299 e. The molecule has 0 amide bonds. The summed E-state index contributed by atoms with van der Waals surface area (Å²) in [6, 6.07) is 21.7. The van der Waals surface area contributed by atoms with Crippen molar-refractivity contribution >= 4 is 20.8 Å².